The number of aromatic amines is 3. The van der Waals surface area contributed by atoms with Gasteiger partial charge in [-0.05, 0) is 116 Å². The van der Waals surface area contributed by atoms with E-state index in [-0.39, 0.29) is 65.1 Å². The van der Waals surface area contributed by atoms with Gasteiger partial charge in [-0.1, -0.05) is 27.7 Å². The smallest absolute Gasteiger partial charge is 0.412 e. The lowest BCUT2D eigenvalue weighted by Crippen LogP contribution is -2.71. The minimum absolute atomic E-state index is 0. The zero-order chi connectivity index (χ0) is 77.2. The number of carbonyl (C=O) groups is 1. The Morgan fingerprint density at radius 2 is 0.927 bits per heavy atom. The highest BCUT2D eigenvalue weighted by Gasteiger charge is 2.71. The number of carbonyl (C=O) groups excluding carboxylic acids is 1. The molecule has 2 aliphatic carbocycles. The number of nitrogens with one attached hydrogen (secondary N) is 5. The molecule has 19 rings (SSSR count). The SMILES string of the molecule is C=O.CC1CCC2C(C)C(O)OC3OC4(C)CCC1C32OO4.CCOC1OC(N2CCc3c2nc(N)[nH]c3=O)C(O)C1OC.CCOC1OC(N2CCc3c2nc(NC)[nH]c3=O)C(O)C1OC.CCOC1OC(N2CCc3c2nc(NC2OC4OC5(C)CCC6C(C)CCC(C2C)C46OO5)[nH]c3=O)C(O)C1OC.O.[H+]. The molecule has 11 saturated heterocycles. The van der Waals surface area contributed by atoms with Gasteiger partial charge >= 0.3 is 1.43 Å². The molecule has 3 aromatic heterocycles. The lowest BCUT2D eigenvalue weighted by molar-refractivity contribution is -0.576. The number of anilines is 6. The van der Waals surface area contributed by atoms with E-state index in [1.165, 1.54) is 27.8 Å². The molecule has 14 aliphatic heterocycles. The van der Waals surface area contributed by atoms with Gasteiger partial charge in [-0.2, -0.15) is 15.0 Å². The summed E-state index contributed by atoms with van der Waals surface area (Å²) < 4.78 is 75.2. The van der Waals surface area contributed by atoms with Crippen LogP contribution in [0, 0.1) is 47.3 Å². The van der Waals surface area contributed by atoms with Gasteiger partial charge in [0.05, 0.1) is 16.7 Å². The van der Waals surface area contributed by atoms with Crippen LogP contribution in [0.25, 0.3) is 0 Å². The van der Waals surface area contributed by atoms with Crippen molar-refractivity contribution in [2.24, 2.45) is 47.3 Å². The van der Waals surface area contributed by atoms with Crippen LogP contribution in [0.5, 0.6) is 0 Å². The summed E-state index contributed by atoms with van der Waals surface area (Å²) in [5.41, 5.74) is 5.38. The molecule has 13 N–H and O–H groups in total. The third-order valence-electron chi connectivity index (χ3n) is 24.7. The first-order valence-corrected chi connectivity index (χ1v) is 38.0. The number of fused-ring (bicyclic) bond motifs is 7. The lowest BCUT2D eigenvalue weighted by atomic mass is 9.58. The van der Waals surface area contributed by atoms with E-state index < -0.39 is 122 Å². The molecular weight excluding hydrogens is 1440 g/mol. The number of methoxy groups -OCH3 is 3. The number of ether oxygens (including phenoxy) is 13. The number of hydrogen-bond donors (Lipinski definition) is 10. The van der Waals surface area contributed by atoms with Crippen LogP contribution in [0.15, 0.2) is 14.4 Å². The minimum Gasteiger partial charge on any atom is -0.412 e. The maximum atomic E-state index is 13.2. The molecule has 109 heavy (non-hydrogen) atoms. The largest absolute Gasteiger partial charge is 1.00 e. The van der Waals surface area contributed by atoms with Gasteiger partial charge < -0.3 is 123 Å². The molecule has 2 saturated carbocycles. The molecule has 0 aromatic carbocycles. The van der Waals surface area contributed by atoms with Gasteiger partial charge in [-0.3, -0.25) is 29.3 Å². The highest BCUT2D eigenvalue weighted by atomic mass is 17.3. The van der Waals surface area contributed by atoms with Crippen molar-refractivity contribution in [2.45, 2.75) is 255 Å². The minimum atomic E-state index is -0.981. The second-order valence-corrected chi connectivity index (χ2v) is 30.7. The van der Waals surface area contributed by atoms with Crippen molar-refractivity contribution < 1.29 is 113 Å². The Morgan fingerprint density at radius 1 is 0.541 bits per heavy atom. The number of nitrogens with zero attached hydrogens (tertiary/aromatic N) is 6. The van der Waals surface area contributed by atoms with Crippen LogP contribution in [0.1, 0.15) is 132 Å². The van der Waals surface area contributed by atoms with Gasteiger partial charge in [-0.25, -0.2) is 19.6 Å². The van der Waals surface area contributed by atoms with E-state index in [9.17, 15) is 34.8 Å². The van der Waals surface area contributed by atoms with Crippen LogP contribution >= 0.6 is 0 Å². The van der Waals surface area contributed by atoms with Crippen LogP contribution in [0.4, 0.5) is 35.3 Å². The molecule has 0 amide bonds. The van der Waals surface area contributed by atoms with Crippen LogP contribution in [0.2, 0.25) is 0 Å². The molecule has 0 radical (unpaired) electrons. The van der Waals surface area contributed by atoms with Crippen molar-refractivity contribution in [3.05, 3.63) is 47.8 Å². The number of aromatic nitrogens is 6. The summed E-state index contributed by atoms with van der Waals surface area (Å²) in [7, 11) is 6.19. The number of aliphatic hydroxyl groups excluding tert-OH is 4. The number of aliphatic hydroxyl groups is 4. The predicted molar refractivity (Wildman–Crippen MR) is 384 cm³/mol. The second kappa shape index (κ2) is 33.4. The van der Waals surface area contributed by atoms with Gasteiger partial charge in [-0.15, -0.1) is 0 Å². The van der Waals surface area contributed by atoms with Crippen LogP contribution in [-0.2, 0) is 105 Å². The van der Waals surface area contributed by atoms with Crippen LogP contribution in [0.3, 0.4) is 0 Å². The van der Waals surface area contributed by atoms with E-state index >= 15 is 0 Å². The molecular formula is C71H113N12O26+. The Bertz CT molecular complexity index is 3800. The fourth-order valence-corrected chi connectivity index (χ4v) is 19.2. The molecule has 4 bridgehead atoms. The van der Waals surface area contributed by atoms with E-state index in [4.69, 9.17) is 96.6 Å². The average Bonchev–Trinajstić information content (AvgIpc) is 1.36. The van der Waals surface area contributed by atoms with Crippen LogP contribution in [-0.4, -0.2) is 252 Å². The van der Waals surface area contributed by atoms with Crippen molar-refractivity contribution in [3.8, 4) is 0 Å². The Hall–Kier alpha value is -5.77. The molecule has 2 spiro atoms. The van der Waals surface area contributed by atoms with Gasteiger partial charge in [0.1, 0.15) is 67.1 Å². The van der Waals surface area contributed by atoms with Gasteiger partial charge in [0.15, 0.2) is 67.6 Å². The van der Waals surface area contributed by atoms with Crippen molar-refractivity contribution in [3.63, 3.8) is 0 Å². The first-order chi connectivity index (χ1) is 51.8. The molecule has 3 aromatic rings. The Balaban J connectivity index is 0.000000151. The fourth-order valence-electron chi connectivity index (χ4n) is 19.2. The highest BCUT2D eigenvalue weighted by molar-refractivity contribution is 5.57. The molecule has 612 valence electrons. The normalized spacial score (nSPS) is 41.5. The number of nitrogens with two attached hydrogens (primary N) is 1. The van der Waals surface area contributed by atoms with Gasteiger partial charge in [0, 0.05) is 104 Å². The molecule has 38 heteroatoms. The maximum Gasteiger partial charge on any atom is 1.00 e. The summed E-state index contributed by atoms with van der Waals surface area (Å²) in [6.45, 7) is 22.9. The Morgan fingerprint density at radius 3 is 1.34 bits per heavy atom. The number of rotatable bonds is 15. The van der Waals surface area contributed by atoms with Crippen molar-refractivity contribution >= 4 is 42.1 Å². The number of nitrogen functional groups attached to an aromatic ring is 1. The van der Waals surface area contributed by atoms with E-state index in [2.05, 4.69) is 56.3 Å². The predicted octanol–water partition coefficient (Wildman–Crippen LogP) is 1.21. The standard InChI is InChI=1S/C28H42N4O9.C15H24O5.C14H22N4O5.C13H20N4O5.CH2O.H2O/c1-6-36-24-19(35-5)18(33)23(38-24)32-12-10-15-20(32)29-26(30-21(15)34)31-22-14(3)17-8-7-13(2)16-9-11-27(4)39-25(37-22)28(16,17)41-40-27;1-8-4-5-11-9(2)12(16)17-13-15(11)10(8)6-7-14(3,18-13)19-20-15;1-4-22-13-9(21-3)8(19)12(23-13)18-6-5-7-10(18)16-14(15-2)17-11(7)20;1-3-21-12-8(20-2)7(18)11(22-12)17-5-4-6-9(17)15-13(14)16-10(6)19;1-2;/h13-14,16-19,22-25,33H,6-12H2,1-5H3,(H2,29,30,31,34);8-13,16H,4-7H2,1-3H3;8-9,12-13,19H,4-6H2,1-3H3,(H2,15,16,17,20);7-8,11-12,18H,3-5H2,1-2H3,(H3,14,15,16,19);1H2;1H2/p+1. The number of hydrogen-bond acceptors (Lipinski definition) is 34. The summed E-state index contributed by atoms with van der Waals surface area (Å²) >= 11 is 0. The zero-order valence-electron chi connectivity index (χ0n) is 65.2. The third-order valence-corrected chi connectivity index (χ3v) is 24.7. The van der Waals surface area contributed by atoms with Gasteiger partial charge in [0.2, 0.25) is 29.4 Å². The Kier molecular flexibility index (Phi) is 25.3. The van der Waals surface area contributed by atoms with Gasteiger partial charge in [0.25, 0.3) is 16.7 Å². The van der Waals surface area contributed by atoms with Crippen LogP contribution < -0.4 is 47.7 Å². The molecule has 13 fully saturated rings. The molecule has 38 nitrogen and oxygen atoms in total. The Labute approximate surface area is 632 Å². The first kappa shape index (κ1) is 82.7. The van der Waals surface area contributed by atoms with Crippen molar-refractivity contribution in [1.29, 1.82) is 0 Å². The van der Waals surface area contributed by atoms with E-state index in [1.54, 1.807) is 16.8 Å². The van der Waals surface area contributed by atoms with E-state index in [0.717, 1.165) is 44.9 Å². The highest BCUT2D eigenvalue weighted by Crippen LogP contribution is 2.62. The summed E-state index contributed by atoms with van der Waals surface area (Å²) in [6, 6.07) is 0. The monoisotopic (exact) mass is 1550 g/mol. The molecule has 28 atom stereocenters. The van der Waals surface area contributed by atoms with E-state index in [0.29, 0.717) is 117 Å². The topological polar surface area (TPSA) is 483 Å². The second-order valence-electron chi connectivity index (χ2n) is 30.7. The summed E-state index contributed by atoms with van der Waals surface area (Å²) in [5.74, 6) is 2.56. The zero-order valence-corrected chi connectivity index (χ0v) is 64.2. The average molecular weight is 1550 g/mol. The molecule has 16 aliphatic rings. The molecule has 28 unspecified atom stereocenters. The van der Waals surface area contributed by atoms with Crippen molar-refractivity contribution in [1.82, 2.24) is 29.9 Å². The summed E-state index contributed by atoms with van der Waals surface area (Å²) in [5, 5.41) is 48.4. The molecule has 17 heterocycles. The number of H-pyrrole nitrogens is 3. The maximum absolute atomic E-state index is 13.2. The van der Waals surface area contributed by atoms with E-state index in [1.807, 2.05) is 53.2 Å². The summed E-state index contributed by atoms with van der Waals surface area (Å²) in [4.78, 5) is 95.8. The fraction of sp³-hybridized carbons (Fsp3) is 0.817. The third kappa shape index (κ3) is 14.7. The lowest BCUT2D eigenvalue weighted by Gasteiger charge is -2.60. The first-order valence-electron chi connectivity index (χ1n) is 38.0. The van der Waals surface area contributed by atoms with Crippen molar-refractivity contribution in [2.75, 3.05) is 98.9 Å². The summed E-state index contributed by atoms with van der Waals surface area (Å²) in [6.07, 6.45) is -1.91. The quantitative estimate of drug-likeness (QED) is 0.0956.